The lowest BCUT2D eigenvalue weighted by atomic mass is 9.93. The Kier molecular flexibility index (Phi) is 3.61. The van der Waals surface area contributed by atoms with Crippen molar-refractivity contribution in [1.29, 1.82) is 0 Å². The fourth-order valence-corrected chi connectivity index (χ4v) is 3.27. The molecule has 2 nitrogen and oxygen atoms in total. The van der Waals surface area contributed by atoms with E-state index in [1.807, 2.05) is 0 Å². The van der Waals surface area contributed by atoms with Crippen molar-refractivity contribution in [2.75, 3.05) is 18.0 Å². The Hall–Kier alpha value is -0.540. The zero-order valence-electron chi connectivity index (χ0n) is 11.9. The molecule has 0 bridgehead atoms. The summed E-state index contributed by atoms with van der Waals surface area (Å²) < 4.78 is 1.18. The normalized spacial score (nSPS) is 21.9. The summed E-state index contributed by atoms with van der Waals surface area (Å²) in [6, 6.07) is 7.48. The SMILES string of the molecule is CC1(C)CCN(c2ccc(Br)cc2CNC2CC2)C1. The van der Waals surface area contributed by atoms with Crippen LogP contribution in [0.4, 0.5) is 5.69 Å². The van der Waals surface area contributed by atoms with Gasteiger partial charge in [-0.2, -0.15) is 0 Å². The Morgan fingerprint density at radius 3 is 2.79 bits per heavy atom. The van der Waals surface area contributed by atoms with Crippen molar-refractivity contribution in [3.05, 3.63) is 28.2 Å². The van der Waals surface area contributed by atoms with Crippen LogP contribution in [0.25, 0.3) is 0 Å². The molecule has 2 aliphatic rings. The van der Waals surface area contributed by atoms with Crippen LogP contribution in [0.3, 0.4) is 0 Å². The van der Waals surface area contributed by atoms with E-state index in [9.17, 15) is 0 Å². The minimum Gasteiger partial charge on any atom is -0.371 e. The van der Waals surface area contributed by atoms with Crippen molar-refractivity contribution in [2.24, 2.45) is 5.41 Å². The third-order valence-corrected chi connectivity index (χ3v) is 4.71. The van der Waals surface area contributed by atoms with E-state index >= 15 is 0 Å². The summed E-state index contributed by atoms with van der Waals surface area (Å²) in [5.41, 5.74) is 3.30. The van der Waals surface area contributed by atoms with Gasteiger partial charge < -0.3 is 10.2 Å². The molecule has 2 fully saturated rings. The van der Waals surface area contributed by atoms with Gasteiger partial charge >= 0.3 is 0 Å². The van der Waals surface area contributed by atoms with Crippen molar-refractivity contribution in [3.8, 4) is 0 Å². The molecule has 1 saturated heterocycles. The number of hydrogen-bond acceptors (Lipinski definition) is 2. The van der Waals surface area contributed by atoms with E-state index in [-0.39, 0.29) is 0 Å². The van der Waals surface area contributed by atoms with E-state index in [1.54, 1.807) is 0 Å². The number of nitrogens with one attached hydrogen (secondary N) is 1. The smallest absolute Gasteiger partial charge is 0.0412 e. The van der Waals surface area contributed by atoms with Crippen molar-refractivity contribution in [2.45, 2.75) is 45.7 Å². The number of rotatable bonds is 4. The molecule has 1 saturated carbocycles. The Balaban J connectivity index is 1.78. The standard InChI is InChI=1S/C16H23BrN2/c1-16(2)7-8-19(11-16)15-6-3-13(17)9-12(15)10-18-14-4-5-14/h3,6,9,14,18H,4-5,7-8,10-11H2,1-2H3. The van der Waals surface area contributed by atoms with Crippen LogP contribution >= 0.6 is 15.9 Å². The van der Waals surface area contributed by atoms with Crippen molar-refractivity contribution in [3.63, 3.8) is 0 Å². The Morgan fingerprint density at radius 1 is 1.37 bits per heavy atom. The molecule has 0 atom stereocenters. The summed E-state index contributed by atoms with van der Waals surface area (Å²) in [7, 11) is 0. The van der Waals surface area contributed by atoms with Crippen LogP contribution in [-0.2, 0) is 6.54 Å². The molecule has 0 amide bonds. The van der Waals surface area contributed by atoms with Gasteiger partial charge in [-0.05, 0) is 48.4 Å². The first-order valence-electron chi connectivity index (χ1n) is 7.30. The van der Waals surface area contributed by atoms with E-state index in [0.29, 0.717) is 5.41 Å². The molecule has 0 radical (unpaired) electrons. The van der Waals surface area contributed by atoms with Gasteiger partial charge in [0.1, 0.15) is 0 Å². The van der Waals surface area contributed by atoms with Crippen LogP contribution in [0.2, 0.25) is 0 Å². The largest absolute Gasteiger partial charge is 0.371 e. The van der Waals surface area contributed by atoms with Gasteiger partial charge in [-0.15, -0.1) is 0 Å². The predicted molar refractivity (Wildman–Crippen MR) is 84.6 cm³/mol. The van der Waals surface area contributed by atoms with Crippen LogP contribution < -0.4 is 10.2 Å². The fraction of sp³-hybridized carbons (Fsp3) is 0.625. The van der Waals surface area contributed by atoms with Gasteiger partial charge in [0.15, 0.2) is 0 Å². The van der Waals surface area contributed by atoms with Gasteiger partial charge in [0.05, 0.1) is 0 Å². The molecule has 1 aliphatic heterocycles. The minimum absolute atomic E-state index is 0.453. The Morgan fingerprint density at radius 2 is 2.16 bits per heavy atom. The average Bonchev–Trinajstić information content (AvgIpc) is 3.10. The maximum Gasteiger partial charge on any atom is 0.0412 e. The van der Waals surface area contributed by atoms with E-state index in [1.165, 1.54) is 48.1 Å². The van der Waals surface area contributed by atoms with Crippen LogP contribution in [-0.4, -0.2) is 19.1 Å². The molecule has 1 aromatic carbocycles. The molecule has 1 N–H and O–H groups in total. The zero-order chi connectivity index (χ0) is 13.5. The summed E-state index contributed by atoms with van der Waals surface area (Å²) in [5.74, 6) is 0. The molecular formula is C16H23BrN2. The summed E-state index contributed by atoms with van der Waals surface area (Å²) in [4.78, 5) is 2.55. The van der Waals surface area contributed by atoms with Crippen LogP contribution in [0.1, 0.15) is 38.7 Å². The Labute approximate surface area is 124 Å². The number of nitrogens with zero attached hydrogens (tertiary/aromatic N) is 1. The monoisotopic (exact) mass is 322 g/mol. The fourth-order valence-electron chi connectivity index (χ4n) is 2.86. The summed E-state index contributed by atoms with van der Waals surface area (Å²) in [6.07, 6.45) is 3.98. The second kappa shape index (κ2) is 5.10. The first-order valence-corrected chi connectivity index (χ1v) is 8.10. The lowest BCUT2D eigenvalue weighted by molar-refractivity contribution is 0.418. The molecule has 0 aromatic heterocycles. The second-order valence-electron chi connectivity index (χ2n) is 6.76. The molecule has 19 heavy (non-hydrogen) atoms. The number of halogens is 1. The van der Waals surface area contributed by atoms with Gasteiger partial charge in [0.2, 0.25) is 0 Å². The highest BCUT2D eigenvalue weighted by molar-refractivity contribution is 9.10. The van der Waals surface area contributed by atoms with Gasteiger partial charge in [0.25, 0.3) is 0 Å². The first-order chi connectivity index (χ1) is 9.03. The van der Waals surface area contributed by atoms with E-state index < -0.39 is 0 Å². The highest BCUT2D eigenvalue weighted by atomic mass is 79.9. The third kappa shape index (κ3) is 3.32. The lowest BCUT2D eigenvalue weighted by Crippen LogP contribution is -2.25. The first kappa shape index (κ1) is 13.4. The quantitative estimate of drug-likeness (QED) is 0.903. The van der Waals surface area contributed by atoms with Crippen LogP contribution in [0, 0.1) is 5.41 Å². The van der Waals surface area contributed by atoms with Gasteiger partial charge in [-0.25, -0.2) is 0 Å². The summed E-state index contributed by atoms with van der Waals surface area (Å²) in [5, 5.41) is 3.64. The zero-order valence-corrected chi connectivity index (χ0v) is 13.5. The average molecular weight is 323 g/mol. The molecule has 1 aromatic rings. The minimum atomic E-state index is 0.453. The number of anilines is 1. The molecule has 3 heteroatoms. The highest BCUT2D eigenvalue weighted by Crippen LogP contribution is 2.35. The second-order valence-corrected chi connectivity index (χ2v) is 7.68. The number of benzene rings is 1. The van der Waals surface area contributed by atoms with Crippen molar-refractivity contribution >= 4 is 21.6 Å². The molecule has 0 unspecified atom stereocenters. The molecule has 104 valence electrons. The van der Waals surface area contributed by atoms with Gasteiger partial charge in [-0.3, -0.25) is 0 Å². The topological polar surface area (TPSA) is 15.3 Å². The maximum absolute atomic E-state index is 3.64. The molecule has 1 heterocycles. The van der Waals surface area contributed by atoms with Crippen LogP contribution in [0.15, 0.2) is 22.7 Å². The van der Waals surface area contributed by atoms with Gasteiger partial charge in [-0.1, -0.05) is 29.8 Å². The lowest BCUT2D eigenvalue weighted by Gasteiger charge is -2.24. The van der Waals surface area contributed by atoms with Gasteiger partial charge in [0, 0.05) is 35.8 Å². The highest BCUT2D eigenvalue weighted by Gasteiger charge is 2.30. The summed E-state index contributed by atoms with van der Waals surface area (Å²) in [6.45, 7) is 8.09. The molecule has 0 spiro atoms. The van der Waals surface area contributed by atoms with Crippen LogP contribution in [0.5, 0.6) is 0 Å². The molecular weight excluding hydrogens is 300 g/mol. The maximum atomic E-state index is 3.64. The number of hydrogen-bond donors (Lipinski definition) is 1. The predicted octanol–water partition coefficient (Wildman–Crippen LogP) is 3.94. The van der Waals surface area contributed by atoms with Crippen molar-refractivity contribution in [1.82, 2.24) is 5.32 Å². The van der Waals surface area contributed by atoms with E-state index in [2.05, 4.69) is 58.2 Å². The van der Waals surface area contributed by atoms with E-state index in [0.717, 1.165) is 12.6 Å². The van der Waals surface area contributed by atoms with Crippen molar-refractivity contribution < 1.29 is 0 Å². The Bertz CT molecular complexity index is 466. The molecule has 3 rings (SSSR count). The summed E-state index contributed by atoms with van der Waals surface area (Å²) >= 11 is 3.60. The molecule has 1 aliphatic carbocycles. The third-order valence-electron chi connectivity index (χ3n) is 4.22. The van der Waals surface area contributed by atoms with E-state index in [4.69, 9.17) is 0 Å².